The zero-order valence-corrected chi connectivity index (χ0v) is 17.9. The van der Waals surface area contributed by atoms with E-state index in [1.54, 1.807) is 0 Å². The fourth-order valence-electron chi connectivity index (χ4n) is 3.11. The van der Waals surface area contributed by atoms with E-state index in [4.69, 9.17) is 0 Å². The molecule has 0 atom stereocenters. The zero-order valence-electron chi connectivity index (χ0n) is 17.0. The molecule has 0 radical (unpaired) electrons. The maximum absolute atomic E-state index is 12.6. The van der Waals surface area contributed by atoms with E-state index in [0.29, 0.717) is 0 Å². The van der Waals surface area contributed by atoms with E-state index in [1.807, 2.05) is 30.5 Å². The summed E-state index contributed by atoms with van der Waals surface area (Å²) in [6, 6.07) is 12.4. The first-order valence-electron chi connectivity index (χ1n) is 9.41. The van der Waals surface area contributed by atoms with Crippen molar-refractivity contribution in [3.8, 4) is 5.69 Å². The Morgan fingerprint density at radius 2 is 1.82 bits per heavy atom. The summed E-state index contributed by atoms with van der Waals surface area (Å²) >= 11 is 1.40. The van der Waals surface area contributed by atoms with Crippen LogP contribution in [0.25, 0.3) is 5.69 Å². The van der Waals surface area contributed by atoms with E-state index < -0.39 is 0 Å². The van der Waals surface area contributed by atoms with Gasteiger partial charge in [-0.1, -0.05) is 43.0 Å². The Balaban J connectivity index is 1.75. The minimum atomic E-state index is -0.0405. The molecule has 0 saturated heterocycles. The first-order chi connectivity index (χ1) is 13.4. The van der Waals surface area contributed by atoms with Crippen molar-refractivity contribution in [2.45, 2.75) is 46.2 Å². The zero-order chi connectivity index (χ0) is 20.3. The van der Waals surface area contributed by atoms with E-state index in [1.165, 1.54) is 22.9 Å². The molecule has 1 N–H and O–H groups in total. The quantitative estimate of drug-likeness (QED) is 0.611. The van der Waals surface area contributed by atoms with E-state index in [2.05, 4.69) is 60.6 Å². The van der Waals surface area contributed by atoms with Gasteiger partial charge >= 0.3 is 0 Å². The molecule has 1 amide bonds. The molecule has 5 nitrogen and oxygen atoms in total. The summed E-state index contributed by atoms with van der Waals surface area (Å²) in [5, 5.41) is 12.3. The van der Waals surface area contributed by atoms with Crippen molar-refractivity contribution in [3.05, 3.63) is 64.5 Å². The highest BCUT2D eigenvalue weighted by Gasteiger charge is 2.15. The molecule has 0 unspecified atom stereocenters. The van der Waals surface area contributed by atoms with Crippen LogP contribution in [0.5, 0.6) is 0 Å². The lowest BCUT2D eigenvalue weighted by Crippen LogP contribution is -2.16. The number of para-hydroxylation sites is 1. The first kappa shape index (κ1) is 20.1. The standard InChI is InChI=1S/C22H26N4OS/c1-6-18-9-7-8-15(3)21(18)23-20(27)13-28-22-25-24-17(5)26(22)19-11-10-14(2)16(4)12-19/h7-12H,6,13H2,1-5H3,(H,23,27). The molecule has 0 aliphatic heterocycles. The van der Waals surface area contributed by atoms with Crippen LogP contribution in [-0.4, -0.2) is 26.4 Å². The highest BCUT2D eigenvalue weighted by atomic mass is 32.2. The molecule has 3 rings (SSSR count). The molecular weight excluding hydrogens is 368 g/mol. The topological polar surface area (TPSA) is 59.8 Å². The van der Waals surface area contributed by atoms with Crippen LogP contribution >= 0.6 is 11.8 Å². The number of aromatic nitrogens is 3. The van der Waals surface area contributed by atoms with Gasteiger partial charge in [-0.25, -0.2) is 0 Å². The Morgan fingerprint density at radius 1 is 1.04 bits per heavy atom. The number of nitrogens with zero attached hydrogens (tertiary/aromatic N) is 3. The Hall–Kier alpha value is -2.60. The molecule has 0 spiro atoms. The molecule has 1 heterocycles. The van der Waals surface area contributed by atoms with E-state index in [9.17, 15) is 4.79 Å². The molecule has 0 saturated carbocycles. The minimum absolute atomic E-state index is 0.0405. The summed E-state index contributed by atoms with van der Waals surface area (Å²) < 4.78 is 2.00. The molecule has 0 bridgehead atoms. The molecular formula is C22H26N4OS. The highest BCUT2D eigenvalue weighted by Crippen LogP contribution is 2.25. The number of carbonyl (C=O) groups is 1. The number of anilines is 1. The molecule has 0 fully saturated rings. The molecule has 1 aromatic heterocycles. The Kier molecular flexibility index (Phi) is 6.19. The van der Waals surface area contributed by atoms with Gasteiger partial charge < -0.3 is 5.32 Å². The Labute approximate surface area is 170 Å². The van der Waals surface area contributed by atoms with Gasteiger partial charge in [0.25, 0.3) is 0 Å². The third-order valence-corrected chi connectivity index (χ3v) is 5.81. The Morgan fingerprint density at radius 3 is 2.54 bits per heavy atom. The molecule has 0 aliphatic carbocycles. The monoisotopic (exact) mass is 394 g/mol. The van der Waals surface area contributed by atoms with Gasteiger partial charge in [0.15, 0.2) is 5.16 Å². The maximum atomic E-state index is 12.6. The fraction of sp³-hybridized carbons (Fsp3) is 0.318. The number of hydrogen-bond donors (Lipinski definition) is 1. The van der Waals surface area contributed by atoms with Crippen LogP contribution in [0, 0.1) is 27.7 Å². The second-order valence-corrected chi connectivity index (χ2v) is 7.88. The van der Waals surface area contributed by atoms with Crippen LogP contribution in [-0.2, 0) is 11.2 Å². The van der Waals surface area contributed by atoms with Crippen molar-refractivity contribution in [2.75, 3.05) is 11.1 Å². The van der Waals surface area contributed by atoms with Gasteiger partial charge in [-0.2, -0.15) is 0 Å². The lowest BCUT2D eigenvalue weighted by atomic mass is 10.1. The van der Waals surface area contributed by atoms with Crippen LogP contribution in [0.3, 0.4) is 0 Å². The lowest BCUT2D eigenvalue weighted by Gasteiger charge is -2.13. The van der Waals surface area contributed by atoms with Gasteiger partial charge in [-0.3, -0.25) is 9.36 Å². The highest BCUT2D eigenvalue weighted by molar-refractivity contribution is 7.99. The van der Waals surface area contributed by atoms with Gasteiger partial charge in [-0.15, -0.1) is 10.2 Å². The fourth-order valence-corrected chi connectivity index (χ4v) is 3.90. The van der Waals surface area contributed by atoms with E-state index in [-0.39, 0.29) is 11.7 Å². The van der Waals surface area contributed by atoms with Crippen LogP contribution in [0.1, 0.15) is 35.0 Å². The van der Waals surface area contributed by atoms with E-state index >= 15 is 0 Å². The van der Waals surface area contributed by atoms with Crippen molar-refractivity contribution >= 4 is 23.4 Å². The average molecular weight is 395 g/mol. The van der Waals surface area contributed by atoms with Crippen molar-refractivity contribution in [2.24, 2.45) is 0 Å². The lowest BCUT2D eigenvalue weighted by molar-refractivity contribution is -0.113. The molecule has 6 heteroatoms. The number of nitrogens with one attached hydrogen (secondary N) is 1. The number of hydrogen-bond acceptors (Lipinski definition) is 4. The molecule has 3 aromatic rings. The molecule has 146 valence electrons. The van der Waals surface area contributed by atoms with Crippen molar-refractivity contribution in [1.29, 1.82) is 0 Å². The van der Waals surface area contributed by atoms with Crippen LogP contribution < -0.4 is 5.32 Å². The molecule has 2 aromatic carbocycles. The van der Waals surface area contributed by atoms with E-state index in [0.717, 1.165) is 39.9 Å². The number of rotatable bonds is 6. The third-order valence-electron chi connectivity index (χ3n) is 4.88. The summed E-state index contributed by atoms with van der Waals surface area (Å²) in [6.45, 7) is 10.2. The van der Waals surface area contributed by atoms with Crippen molar-refractivity contribution < 1.29 is 4.79 Å². The van der Waals surface area contributed by atoms with Gasteiger partial charge in [0.1, 0.15) is 5.82 Å². The van der Waals surface area contributed by atoms with Crippen molar-refractivity contribution in [1.82, 2.24) is 14.8 Å². The Bertz CT molecular complexity index is 1010. The largest absolute Gasteiger partial charge is 0.325 e. The second-order valence-electron chi connectivity index (χ2n) is 6.93. The number of carbonyl (C=O) groups excluding carboxylic acids is 1. The van der Waals surface area contributed by atoms with Crippen LogP contribution in [0.15, 0.2) is 41.6 Å². The van der Waals surface area contributed by atoms with Gasteiger partial charge in [0, 0.05) is 11.4 Å². The summed E-state index contributed by atoms with van der Waals surface area (Å²) in [5.74, 6) is 1.04. The summed E-state index contributed by atoms with van der Waals surface area (Å²) in [6.07, 6.45) is 0.880. The number of aryl methyl sites for hydroxylation is 5. The normalized spacial score (nSPS) is 10.9. The molecule has 0 aliphatic rings. The number of thioether (sulfide) groups is 1. The number of benzene rings is 2. The van der Waals surface area contributed by atoms with Crippen LogP contribution in [0.4, 0.5) is 5.69 Å². The average Bonchev–Trinajstić information content (AvgIpc) is 3.04. The first-order valence-corrected chi connectivity index (χ1v) is 10.4. The maximum Gasteiger partial charge on any atom is 0.234 e. The second kappa shape index (κ2) is 8.61. The summed E-state index contributed by atoms with van der Waals surface area (Å²) in [5.41, 5.74) is 6.61. The van der Waals surface area contributed by atoms with Gasteiger partial charge in [0.05, 0.1) is 5.75 Å². The number of amides is 1. The summed E-state index contributed by atoms with van der Waals surface area (Å²) in [7, 11) is 0. The molecule has 28 heavy (non-hydrogen) atoms. The SMILES string of the molecule is CCc1cccc(C)c1NC(=O)CSc1nnc(C)n1-c1ccc(C)c(C)c1. The summed E-state index contributed by atoms with van der Waals surface area (Å²) in [4.78, 5) is 12.6. The van der Waals surface area contributed by atoms with Gasteiger partial charge in [-0.05, 0) is 68.5 Å². The smallest absolute Gasteiger partial charge is 0.234 e. The van der Waals surface area contributed by atoms with Crippen LogP contribution in [0.2, 0.25) is 0 Å². The predicted molar refractivity (Wildman–Crippen MR) is 115 cm³/mol. The minimum Gasteiger partial charge on any atom is -0.325 e. The van der Waals surface area contributed by atoms with Crippen molar-refractivity contribution in [3.63, 3.8) is 0 Å². The van der Waals surface area contributed by atoms with Gasteiger partial charge in [0.2, 0.25) is 5.91 Å². The predicted octanol–water partition coefficient (Wildman–Crippen LogP) is 4.79. The third kappa shape index (κ3) is 4.28.